The van der Waals surface area contributed by atoms with E-state index in [0.717, 1.165) is 17.4 Å². The minimum Gasteiger partial charge on any atom is -0.491 e. The van der Waals surface area contributed by atoms with Crippen LogP contribution in [0.3, 0.4) is 0 Å². The SMILES string of the molecule is CC(C)(C)c1ccccc1OC[C@H](O)CN1CCN(S(=O)(=O)c2ccccc2F)CC1. The van der Waals surface area contributed by atoms with Crippen molar-refractivity contribution in [3.8, 4) is 5.75 Å². The standard InChI is InChI=1S/C23H31FN2O4S/c1-23(2,3)19-8-4-6-10-21(19)30-17-18(27)16-25-12-14-26(15-13-25)31(28,29)22-11-7-5-9-20(22)24/h4-11,18,27H,12-17H2,1-3H3/t18-/m1/s1. The Morgan fingerprint density at radius 3 is 2.29 bits per heavy atom. The van der Waals surface area contributed by atoms with Crippen LogP contribution in [0.15, 0.2) is 53.4 Å². The molecule has 1 fully saturated rings. The molecule has 1 N–H and O–H groups in total. The lowest BCUT2D eigenvalue weighted by Crippen LogP contribution is -2.50. The normalized spacial score (nSPS) is 17.5. The molecule has 0 aromatic heterocycles. The number of benzene rings is 2. The summed E-state index contributed by atoms with van der Waals surface area (Å²) in [7, 11) is -3.87. The number of piperazine rings is 1. The van der Waals surface area contributed by atoms with Crippen LogP contribution in [-0.4, -0.2) is 68.2 Å². The van der Waals surface area contributed by atoms with Crippen LogP contribution in [0.25, 0.3) is 0 Å². The molecule has 1 heterocycles. The zero-order valence-corrected chi connectivity index (χ0v) is 19.1. The van der Waals surface area contributed by atoms with Crippen molar-refractivity contribution < 1.29 is 22.7 Å². The van der Waals surface area contributed by atoms with E-state index in [1.54, 1.807) is 0 Å². The molecule has 0 spiro atoms. The molecule has 2 aromatic carbocycles. The molecule has 1 aliphatic heterocycles. The van der Waals surface area contributed by atoms with Crippen LogP contribution in [0.1, 0.15) is 26.3 Å². The number of hydrogen-bond acceptors (Lipinski definition) is 5. The first-order valence-electron chi connectivity index (χ1n) is 10.5. The number of aliphatic hydroxyl groups excluding tert-OH is 1. The van der Waals surface area contributed by atoms with Crippen LogP contribution in [0.5, 0.6) is 5.75 Å². The van der Waals surface area contributed by atoms with E-state index in [-0.39, 0.29) is 30.0 Å². The third-order valence-corrected chi connectivity index (χ3v) is 7.31. The number of ether oxygens (including phenoxy) is 1. The van der Waals surface area contributed by atoms with Crippen LogP contribution < -0.4 is 4.74 Å². The van der Waals surface area contributed by atoms with E-state index in [9.17, 15) is 17.9 Å². The van der Waals surface area contributed by atoms with Gasteiger partial charge in [0.15, 0.2) is 0 Å². The van der Waals surface area contributed by atoms with Crippen LogP contribution in [0.4, 0.5) is 4.39 Å². The molecule has 0 amide bonds. The Kier molecular flexibility index (Phi) is 7.36. The lowest BCUT2D eigenvalue weighted by atomic mass is 9.86. The highest BCUT2D eigenvalue weighted by molar-refractivity contribution is 7.89. The maximum absolute atomic E-state index is 14.0. The van der Waals surface area contributed by atoms with E-state index < -0.39 is 21.9 Å². The van der Waals surface area contributed by atoms with Gasteiger partial charge in [-0.05, 0) is 29.2 Å². The Labute approximate surface area is 184 Å². The molecule has 6 nitrogen and oxygen atoms in total. The average Bonchev–Trinajstić information content (AvgIpc) is 2.72. The molecule has 2 aromatic rings. The Balaban J connectivity index is 1.52. The molecule has 3 rings (SSSR count). The van der Waals surface area contributed by atoms with E-state index in [1.807, 2.05) is 29.2 Å². The zero-order valence-electron chi connectivity index (χ0n) is 18.3. The number of halogens is 1. The third-order valence-electron chi connectivity index (χ3n) is 5.38. The summed E-state index contributed by atoms with van der Waals surface area (Å²) in [6.07, 6.45) is -0.706. The second-order valence-electron chi connectivity index (χ2n) is 8.85. The van der Waals surface area contributed by atoms with Crippen LogP contribution in [-0.2, 0) is 15.4 Å². The number of para-hydroxylation sites is 1. The second kappa shape index (κ2) is 9.65. The maximum Gasteiger partial charge on any atom is 0.246 e. The third kappa shape index (κ3) is 5.83. The number of β-amino-alcohol motifs (C(OH)–C–C–N with tert-alkyl or cyclic N) is 1. The highest BCUT2D eigenvalue weighted by atomic mass is 32.2. The van der Waals surface area contributed by atoms with Gasteiger partial charge in [0.1, 0.15) is 29.2 Å². The highest BCUT2D eigenvalue weighted by Gasteiger charge is 2.31. The molecule has 31 heavy (non-hydrogen) atoms. The summed E-state index contributed by atoms with van der Waals surface area (Å²) in [6.45, 7) is 8.29. The van der Waals surface area contributed by atoms with Gasteiger partial charge >= 0.3 is 0 Å². The second-order valence-corrected chi connectivity index (χ2v) is 10.8. The monoisotopic (exact) mass is 450 g/mol. The number of hydrogen-bond donors (Lipinski definition) is 1. The molecule has 1 atom stereocenters. The first kappa shape index (κ1) is 23.7. The number of sulfonamides is 1. The predicted molar refractivity (Wildman–Crippen MR) is 118 cm³/mol. The fourth-order valence-corrected chi connectivity index (χ4v) is 5.18. The lowest BCUT2D eigenvalue weighted by molar-refractivity contribution is 0.0563. The fraction of sp³-hybridized carbons (Fsp3) is 0.478. The summed E-state index contributed by atoms with van der Waals surface area (Å²) in [5.74, 6) is 0.0166. The molecule has 0 radical (unpaired) electrons. The van der Waals surface area contributed by atoms with Gasteiger partial charge in [-0.2, -0.15) is 4.31 Å². The van der Waals surface area contributed by atoms with Gasteiger partial charge in [0.25, 0.3) is 0 Å². The van der Waals surface area contributed by atoms with Crippen LogP contribution in [0.2, 0.25) is 0 Å². The Morgan fingerprint density at radius 2 is 1.65 bits per heavy atom. The van der Waals surface area contributed by atoms with Gasteiger partial charge in [0.2, 0.25) is 10.0 Å². The van der Waals surface area contributed by atoms with Gasteiger partial charge in [-0.3, -0.25) is 4.90 Å². The van der Waals surface area contributed by atoms with Crippen LogP contribution >= 0.6 is 0 Å². The number of aliphatic hydroxyl groups is 1. The molecule has 8 heteroatoms. The Bertz CT molecular complexity index is 983. The summed E-state index contributed by atoms with van der Waals surface area (Å²) in [4.78, 5) is 1.70. The van der Waals surface area contributed by atoms with Crippen molar-refractivity contribution in [2.24, 2.45) is 0 Å². The molecule has 0 saturated carbocycles. The van der Waals surface area contributed by atoms with Crippen molar-refractivity contribution in [3.05, 3.63) is 59.9 Å². The maximum atomic E-state index is 14.0. The van der Waals surface area contributed by atoms with E-state index in [2.05, 4.69) is 20.8 Å². The Hall–Kier alpha value is -2.00. The van der Waals surface area contributed by atoms with E-state index in [4.69, 9.17) is 4.74 Å². The average molecular weight is 451 g/mol. The van der Waals surface area contributed by atoms with Gasteiger partial charge in [-0.25, -0.2) is 12.8 Å². The fourth-order valence-electron chi connectivity index (χ4n) is 3.69. The lowest BCUT2D eigenvalue weighted by Gasteiger charge is -2.35. The highest BCUT2D eigenvalue weighted by Crippen LogP contribution is 2.31. The summed E-state index contributed by atoms with van der Waals surface area (Å²) in [6, 6.07) is 13.2. The van der Waals surface area contributed by atoms with Crippen molar-refractivity contribution in [1.82, 2.24) is 9.21 Å². The van der Waals surface area contributed by atoms with Crippen molar-refractivity contribution >= 4 is 10.0 Å². The minimum atomic E-state index is -3.87. The predicted octanol–water partition coefficient (Wildman–Crippen LogP) is 2.87. The zero-order chi connectivity index (χ0) is 22.6. The molecule has 0 aliphatic carbocycles. The Morgan fingerprint density at radius 1 is 1.03 bits per heavy atom. The quantitative estimate of drug-likeness (QED) is 0.703. The summed E-state index contributed by atoms with van der Waals surface area (Å²) in [5.41, 5.74) is 1.01. The van der Waals surface area contributed by atoms with E-state index >= 15 is 0 Å². The summed E-state index contributed by atoms with van der Waals surface area (Å²) >= 11 is 0. The molecular formula is C23H31FN2O4S. The smallest absolute Gasteiger partial charge is 0.246 e. The topological polar surface area (TPSA) is 70.1 Å². The van der Waals surface area contributed by atoms with Crippen molar-refractivity contribution in [2.75, 3.05) is 39.3 Å². The van der Waals surface area contributed by atoms with Gasteiger partial charge in [0, 0.05) is 32.7 Å². The summed E-state index contributed by atoms with van der Waals surface area (Å²) < 4.78 is 46.6. The van der Waals surface area contributed by atoms with Gasteiger partial charge in [0.05, 0.1) is 0 Å². The molecule has 0 bridgehead atoms. The van der Waals surface area contributed by atoms with Gasteiger partial charge < -0.3 is 9.84 Å². The molecule has 1 saturated heterocycles. The molecule has 170 valence electrons. The molecular weight excluding hydrogens is 419 g/mol. The van der Waals surface area contributed by atoms with Crippen molar-refractivity contribution in [2.45, 2.75) is 37.2 Å². The molecule has 0 unspecified atom stereocenters. The van der Waals surface area contributed by atoms with Crippen molar-refractivity contribution in [1.29, 1.82) is 0 Å². The van der Waals surface area contributed by atoms with Gasteiger partial charge in [-0.1, -0.05) is 51.1 Å². The minimum absolute atomic E-state index is 0.0679. The number of nitrogens with zero attached hydrogens (tertiary/aromatic N) is 2. The van der Waals surface area contributed by atoms with Crippen LogP contribution in [0, 0.1) is 5.82 Å². The first-order chi connectivity index (χ1) is 14.6. The van der Waals surface area contributed by atoms with E-state index in [0.29, 0.717) is 19.6 Å². The summed E-state index contributed by atoms with van der Waals surface area (Å²) in [5, 5.41) is 10.4. The number of rotatable bonds is 7. The first-order valence-corrected chi connectivity index (χ1v) is 11.9. The van der Waals surface area contributed by atoms with Gasteiger partial charge in [-0.15, -0.1) is 0 Å². The van der Waals surface area contributed by atoms with Crippen molar-refractivity contribution in [3.63, 3.8) is 0 Å². The van der Waals surface area contributed by atoms with E-state index in [1.165, 1.54) is 22.5 Å². The molecule has 1 aliphatic rings. The largest absolute Gasteiger partial charge is 0.491 e.